The third-order valence-electron chi connectivity index (χ3n) is 3.53. The van der Waals surface area contributed by atoms with Crippen molar-refractivity contribution in [2.24, 2.45) is 5.92 Å². The van der Waals surface area contributed by atoms with Gasteiger partial charge in [-0.05, 0) is 44.4 Å². The van der Waals surface area contributed by atoms with E-state index in [-0.39, 0.29) is 0 Å². The molecule has 1 N–H and O–H groups in total. The van der Waals surface area contributed by atoms with E-state index in [2.05, 4.69) is 30.3 Å². The summed E-state index contributed by atoms with van der Waals surface area (Å²) >= 11 is 0. The van der Waals surface area contributed by atoms with Crippen molar-refractivity contribution in [1.29, 1.82) is 0 Å². The molecule has 1 atom stereocenters. The maximum Gasteiger partial charge on any atom is 0.0604 e. The molecule has 1 aliphatic carbocycles. The molecule has 2 heteroatoms. The standard InChI is InChI=1S/C13H20N2/c1-10-6-5-9-15-12(10)13(14-2)11-7-3-4-8-11/h5-6,9,11,13-14H,3-4,7-8H2,1-2H3. The molecular weight excluding hydrogens is 184 g/mol. The maximum atomic E-state index is 4.53. The fraction of sp³-hybridized carbons (Fsp3) is 0.615. The molecule has 0 aliphatic heterocycles. The Hall–Kier alpha value is -0.890. The molecule has 0 bridgehead atoms. The van der Waals surface area contributed by atoms with Crippen molar-refractivity contribution < 1.29 is 0 Å². The van der Waals surface area contributed by atoms with Crippen molar-refractivity contribution in [2.75, 3.05) is 7.05 Å². The largest absolute Gasteiger partial charge is 0.311 e. The first-order chi connectivity index (χ1) is 7.33. The molecule has 2 rings (SSSR count). The van der Waals surface area contributed by atoms with Gasteiger partial charge in [-0.1, -0.05) is 18.9 Å². The smallest absolute Gasteiger partial charge is 0.0604 e. The van der Waals surface area contributed by atoms with Gasteiger partial charge < -0.3 is 5.32 Å². The van der Waals surface area contributed by atoms with Crippen LogP contribution in [0.25, 0.3) is 0 Å². The Morgan fingerprint density at radius 3 is 2.73 bits per heavy atom. The lowest BCUT2D eigenvalue weighted by atomic mass is 9.93. The Bertz CT molecular complexity index is 316. The molecule has 1 unspecified atom stereocenters. The number of hydrogen-bond acceptors (Lipinski definition) is 2. The zero-order valence-electron chi connectivity index (χ0n) is 9.66. The second kappa shape index (κ2) is 4.75. The third-order valence-corrected chi connectivity index (χ3v) is 3.53. The molecule has 82 valence electrons. The molecular formula is C13H20N2. The lowest BCUT2D eigenvalue weighted by molar-refractivity contribution is 0.381. The first-order valence-corrected chi connectivity index (χ1v) is 5.91. The van der Waals surface area contributed by atoms with Gasteiger partial charge in [0.25, 0.3) is 0 Å². The molecule has 1 aromatic heterocycles. The Labute approximate surface area is 92.1 Å². The van der Waals surface area contributed by atoms with Crippen LogP contribution in [0.1, 0.15) is 43.0 Å². The van der Waals surface area contributed by atoms with Gasteiger partial charge in [0.15, 0.2) is 0 Å². The summed E-state index contributed by atoms with van der Waals surface area (Å²) in [5.41, 5.74) is 2.55. The van der Waals surface area contributed by atoms with Crippen LogP contribution in [0, 0.1) is 12.8 Å². The van der Waals surface area contributed by atoms with Crippen LogP contribution in [-0.4, -0.2) is 12.0 Å². The van der Waals surface area contributed by atoms with Crippen LogP contribution >= 0.6 is 0 Å². The molecule has 1 saturated carbocycles. The van der Waals surface area contributed by atoms with Gasteiger partial charge in [0.2, 0.25) is 0 Å². The molecule has 1 fully saturated rings. The predicted octanol–water partition coefficient (Wildman–Crippen LogP) is 2.84. The Morgan fingerprint density at radius 2 is 2.13 bits per heavy atom. The average Bonchev–Trinajstić information content (AvgIpc) is 2.75. The summed E-state index contributed by atoms with van der Waals surface area (Å²) in [4.78, 5) is 4.53. The quantitative estimate of drug-likeness (QED) is 0.819. The molecule has 0 amide bonds. The number of nitrogens with zero attached hydrogens (tertiary/aromatic N) is 1. The van der Waals surface area contributed by atoms with Crippen LogP contribution in [0.4, 0.5) is 0 Å². The van der Waals surface area contributed by atoms with Crippen molar-refractivity contribution in [3.8, 4) is 0 Å². The number of hydrogen-bond donors (Lipinski definition) is 1. The fourth-order valence-electron chi connectivity index (χ4n) is 2.71. The third kappa shape index (κ3) is 2.20. The summed E-state index contributed by atoms with van der Waals surface area (Å²) in [6, 6.07) is 4.62. The normalized spacial score (nSPS) is 19.3. The van der Waals surface area contributed by atoms with Gasteiger partial charge in [-0.3, -0.25) is 4.98 Å². The molecule has 0 spiro atoms. The highest BCUT2D eigenvalue weighted by Crippen LogP contribution is 2.35. The molecule has 0 saturated heterocycles. The van der Waals surface area contributed by atoms with Crippen molar-refractivity contribution in [1.82, 2.24) is 10.3 Å². The minimum atomic E-state index is 0.453. The number of aromatic nitrogens is 1. The average molecular weight is 204 g/mol. The van der Waals surface area contributed by atoms with Crippen molar-refractivity contribution in [3.63, 3.8) is 0 Å². The van der Waals surface area contributed by atoms with Crippen molar-refractivity contribution >= 4 is 0 Å². The molecule has 1 aromatic rings. The van der Waals surface area contributed by atoms with Crippen LogP contribution in [0.2, 0.25) is 0 Å². The summed E-state index contributed by atoms with van der Waals surface area (Å²) < 4.78 is 0. The van der Waals surface area contributed by atoms with Gasteiger partial charge in [-0.25, -0.2) is 0 Å². The van der Waals surface area contributed by atoms with Crippen LogP contribution in [0.3, 0.4) is 0 Å². The summed E-state index contributed by atoms with van der Waals surface area (Å²) in [5, 5.41) is 3.44. The number of nitrogens with one attached hydrogen (secondary N) is 1. The Kier molecular flexibility index (Phi) is 3.37. The predicted molar refractivity (Wildman–Crippen MR) is 62.7 cm³/mol. The number of aryl methyl sites for hydroxylation is 1. The van der Waals surface area contributed by atoms with Crippen LogP contribution in [0.15, 0.2) is 18.3 Å². The van der Waals surface area contributed by atoms with Crippen LogP contribution < -0.4 is 5.32 Å². The number of rotatable bonds is 3. The molecule has 0 aromatic carbocycles. The van der Waals surface area contributed by atoms with Gasteiger partial charge in [-0.15, -0.1) is 0 Å². The highest BCUT2D eigenvalue weighted by atomic mass is 14.9. The molecule has 2 nitrogen and oxygen atoms in total. The van der Waals surface area contributed by atoms with Crippen LogP contribution in [-0.2, 0) is 0 Å². The van der Waals surface area contributed by atoms with E-state index in [1.807, 2.05) is 12.3 Å². The Balaban J connectivity index is 2.22. The first-order valence-electron chi connectivity index (χ1n) is 5.91. The summed E-state index contributed by atoms with van der Waals surface area (Å²) in [5.74, 6) is 0.781. The summed E-state index contributed by atoms with van der Waals surface area (Å²) in [7, 11) is 2.05. The van der Waals surface area contributed by atoms with Crippen molar-refractivity contribution in [3.05, 3.63) is 29.6 Å². The van der Waals surface area contributed by atoms with E-state index in [4.69, 9.17) is 0 Å². The monoisotopic (exact) mass is 204 g/mol. The lowest BCUT2D eigenvalue weighted by Gasteiger charge is -2.23. The van der Waals surface area contributed by atoms with E-state index in [1.54, 1.807) is 0 Å². The van der Waals surface area contributed by atoms with Crippen LogP contribution in [0.5, 0.6) is 0 Å². The number of pyridine rings is 1. The highest BCUT2D eigenvalue weighted by Gasteiger charge is 2.26. The van der Waals surface area contributed by atoms with Gasteiger partial charge in [0.05, 0.1) is 11.7 Å². The zero-order valence-corrected chi connectivity index (χ0v) is 9.66. The van der Waals surface area contributed by atoms with Gasteiger partial charge >= 0.3 is 0 Å². The van der Waals surface area contributed by atoms with E-state index < -0.39 is 0 Å². The highest BCUT2D eigenvalue weighted by molar-refractivity contribution is 5.21. The zero-order chi connectivity index (χ0) is 10.7. The first kappa shape index (κ1) is 10.6. The molecule has 1 heterocycles. The molecule has 0 radical (unpaired) electrons. The SMILES string of the molecule is CNC(c1ncccc1C)C1CCCC1. The summed E-state index contributed by atoms with van der Waals surface area (Å²) in [6.45, 7) is 2.15. The van der Waals surface area contributed by atoms with E-state index in [0.717, 1.165) is 5.92 Å². The minimum absolute atomic E-state index is 0.453. The Morgan fingerprint density at radius 1 is 1.40 bits per heavy atom. The van der Waals surface area contributed by atoms with Gasteiger partial charge in [0, 0.05) is 6.20 Å². The lowest BCUT2D eigenvalue weighted by Crippen LogP contribution is -2.25. The van der Waals surface area contributed by atoms with Gasteiger partial charge in [-0.2, -0.15) is 0 Å². The maximum absolute atomic E-state index is 4.53. The van der Waals surface area contributed by atoms with Crippen molar-refractivity contribution in [2.45, 2.75) is 38.6 Å². The van der Waals surface area contributed by atoms with E-state index >= 15 is 0 Å². The second-order valence-electron chi connectivity index (χ2n) is 4.52. The summed E-state index contributed by atoms with van der Waals surface area (Å²) in [6.07, 6.45) is 7.37. The fourth-order valence-corrected chi connectivity index (χ4v) is 2.71. The molecule has 15 heavy (non-hydrogen) atoms. The second-order valence-corrected chi connectivity index (χ2v) is 4.52. The van der Waals surface area contributed by atoms with E-state index in [1.165, 1.54) is 36.9 Å². The minimum Gasteiger partial charge on any atom is -0.311 e. The van der Waals surface area contributed by atoms with E-state index in [9.17, 15) is 0 Å². The van der Waals surface area contributed by atoms with E-state index in [0.29, 0.717) is 6.04 Å². The van der Waals surface area contributed by atoms with Gasteiger partial charge in [0.1, 0.15) is 0 Å². The topological polar surface area (TPSA) is 24.9 Å². The molecule has 1 aliphatic rings.